The van der Waals surface area contributed by atoms with Gasteiger partial charge in [0.15, 0.2) is 0 Å². The summed E-state index contributed by atoms with van der Waals surface area (Å²) in [5, 5.41) is 2.40. The normalized spacial score (nSPS) is 16.5. The molecule has 0 atom stereocenters. The molecule has 13 heavy (non-hydrogen) atoms. The summed E-state index contributed by atoms with van der Waals surface area (Å²) >= 11 is 6.01. The van der Waals surface area contributed by atoms with E-state index >= 15 is 0 Å². The third-order valence-electron chi connectivity index (χ3n) is 2.02. The summed E-state index contributed by atoms with van der Waals surface area (Å²) in [7, 11) is 0. The lowest BCUT2D eigenvalue weighted by Crippen LogP contribution is -2.17. The molecule has 0 aliphatic carbocycles. The van der Waals surface area contributed by atoms with Gasteiger partial charge in [-0.2, -0.15) is 0 Å². The quantitative estimate of drug-likeness (QED) is 0.703. The summed E-state index contributed by atoms with van der Waals surface area (Å²) < 4.78 is 0. The van der Waals surface area contributed by atoms with E-state index in [9.17, 15) is 0 Å². The van der Waals surface area contributed by atoms with Crippen LogP contribution in [0.3, 0.4) is 0 Å². The summed E-state index contributed by atoms with van der Waals surface area (Å²) in [5.74, 6) is 0. The number of anilines is 2. The van der Waals surface area contributed by atoms with Crippen molar-refractivity contribution in [2.45, 2.75) is 6.42 Å². The molecular weight excluding hydrogens is 188 g/mol. The molecule has 3 nitrogen and oxygen atoms in total. The molecule has 0 aromatic heterocycles. The first-order valence-corrected chi connectivity index (χ1v) is 4.61. The number of hydrogen-bond donors (Lipinski definition) is 1. The number of rotatable bonds is 1. The first-order chi connectivity index (χ1) is 6.29. The molecule has 70 valence electrons. The third kappa shape index (κ3) is 1.57. The van der Waals surface area contributed by atoms with Crippen molar-refractivity contribution in [3.8, 4) is 0 Å². The van der Waals surface area contributed by atoms with Gasteiger partial charge in [-0.05, 0) is 18.6 Å². The van der Waals surface area contributed by atoms with Crippen LogP contribution in [0.5, 0.6) is 0 Å². The molecule has 0 unspecified atom stereocenters. The highest BCUT2D eigenvalue weighted by Gasteiger charge is 2.18. The molecule has 0 spiro atoms. The van der Waals surface area contributed by atoms with E-state index in [1.165, 1.54) is 0 Å². The van der Waals surface area contributed by atoms with Crippen LogP contribution in [0.25, 0.3) is 0 Å². The van der Waals surface area contributed by atoms with Crippen LogP contribution >= 0.6 is 11.6 Å². The van der Waals surface area contributed by atoms with Crippen LogP contribution in [0.4, 0.5) is 11.4 Å². The average Bonchev–Trinajstić information content (AvgIpc) is 2.57. The van der Waals surface area contributed by atoms with Gasteiger partial charge in [0.2, 0.25) is 0 Å². The molecule has 4 heteroatoms. The fourth-order valence-electron chi connectivity index (χ4n) is 1.42. The zero-order chi connectivity index (χ0) is 9.26. The Morgan fingerprint density at radius 1 is 1.46 bits per heavy atom. The number of halogens is 1. The number of hydrogen-bond acceptors (Lipinski definition) is 3. The van der Waals surface area contributed by atoms with Crippen molar-refractivity contribution in [3.05, 3.63) is 23.2 Å². The summed E-state index contributed by atoms with van der Waals surface area (Å²) in [4.78, 5) is 5.37. The highest BCUT2D eigenvalue weighted by atomic mass is 35.5. The van der Waals surface area contributed by atoms with Gasteiger partial charge in [0.25, 0.3) is 0 Å². The molecule has 2 N–H and O–H groups in total. The van der Waals surface area contributed by atoms with Crippen molar-refractivity contribution in [3.63, 3.8) is 0 Å². The molecule has 1 fully saturated rings. The van der Waals surface area contributed by atoms with Crippen molar-refractivity contribution in [2.24, 2.45) is 0 Å². The Morgan fingerprint density at radius 2 is 2.31 bits per heavy atom. The molecule has 0 saturated carbocycles. The Kier molecular flexibility index (Phi) is 2.29. The molecular formula is C9H11ClN2O. The molecule has 1 aromatic rings. The lowest BCUT2D eigenvalue weighted by Gasteiger charge is -2.19. The van der Waals surface area contributed by atoms with Crippen molar-refractivity contribution < 1.29 is 4.84 Å². The van der Waals surface area contributed by atoms with Gasteiger partial charge in [-0.3, -0.25) is 9.90 Å². The number of benzene rings is 1. The van der Waals surface area contributed by atoms with E-state index in [-0.39, 0.29) is 0 Å². The van der Waals surface area contributed by atoms with E-state index in [2.05, 4.69) is 0 Å². The van der Waals surface area contributed by atoms with Gasteiger partial charge < -0.3 is 5.73 Å². The third-order valence-corrected chi connectivity index (χ3v) is 2.33. The predicted octanol–water partition coefficient (Wildman–Crippen LogP) is 2.06. The first-order valence-electron chi connectivity index (χ1n) is 4.23. The molecule has 0 bridgehead atoms. The number of nitrogens with two attached hydrogens (primary N) is 1. The van der Waals surface area contributed by atoms with Crippen LogP contribution in [0.15, 0.2) is 18.2 Å². The topological polar surface area (TPSA) is 38.5 Å². The van der Waals surface area contributed by atoms with Crippen LogP contribution in [0.2, 0.25) is 5.02 Å². The molecule has 1 heterocycles. The largest absolute Gasteiger partial charge is 0.397 e. The van der Waals surface area contributed by atoms with Gasteiger partial charge in [-0.25, -0.2) is 0 Å². The van der Waals surface area contributed by atoms with Crippen LogP contribution in [-0.2, 0) is 4.84 Å². The minimum absolute atomic E-state index is 0.641. The zero-order valence-corrected chi connectivity index (χ0v) is 7.92. The number of nitrogens with zero attached hydrogens (tertiary/aromatic N) is 1. The first kappa shape index (κ1) is 8.66. The second-order valence-corrected chi connectivity index (χ2v) is 3.37. The van der Waals surface area contributed by atoms with E-state index in [1.54, 1.807) is 5.06 Å². The smallest absolute Gasteiger partial charge is 0.105 e. The number of hydroxylamine groups is 1. The van der Waals surface area contributed by atoms with Gasteiger partial charge in [0.1, 0.15) is 5.69 Å². The lowest BCUT2D eigenvalue weighted by atomic mass is 10.2. The molecule has 1 aliphatic rings. The standard InChI is InChI=1S/C9H11ClN2O/c10-7-3-1-4-8(11)9(7)12-5-2-6-13-12/h1,3-4H,2,5-6,11H2. The van der Waals surface area contributed by atoms with Gasteiger partial charge in [0, 0.05) is 6.54 Å². The van der Waals surface area contributed by atoms with Crippen LogP contribution in [0, 0.1) is 0 Å². The Bertz CT molecular complexity index is 290. The molecule has 0 amide bonds. The van der Waals surface area contributed by atoms with Crippen molar-refractivity contribution >= 4 is 23.0 Å². The van der Waals surface area contributed by atoms with Crippen LogP contribution < -0.4 is 10.8 Å². The SMILES string of the molecule is Nc1cccc(Cl)c1N1CCCO1. The second-order valence-electron chi connectivity index (χ2n) is 2.97. The average molecular weight is 199 g/mol. The maximum atomic E-state index is 6.01. The molecule has 2 rings (SSSR count). The van der Waals surface area contributed by atoms with Crippen molar-refractivity contribution in [1.82, 2.24) is 0 Å². The van der Waals surface area contributed by atoms with Gasteiger partial charge in [-0.15, -0.1) is 0 Å². The molecule has 1 aromatic carbocycles. The van der Waals surface area contributed by atoms with Crippen molar-refractivity contribution in [1.29, 1.82) is 0 Å². The number of nitrogen functional groups attached to an aromatic ring is 1. The van der Waals surface area contributed by atoms with E-state index in [1.807, 2.05) is 18.2 Å². The monoisotopic (exact) mass is 198 g/mol. The van der Waals surface area contributed by atoms with Gasteiger partial charge in [-0.1, -0.05) is 17.7 Å². The summed E-state index contributed by atoms with van der Waals surface area (Å²) in [5.41, 5.74) is 7.25. The molecule has 1 saturated heterocycles. The van der Waals surface area contributed by atoms with Crippen LogP contribution in [0.1, 0.15) is 6.42 Å². The summed E-state index contributed by atoms with van der Waals surface area (Å²) in [6.07, 6.45) is 1.02. The van der Waals surface area contributed by atoms with E-state index in [4.69, 9.17) is 22.2 Å². The minimum Gasteiger partial charge on any atom is -0.397 e. The Morgan fingerprint density at radius 3 is 2.92 bits per heavy atom. The maximum Gasteiger partial charge on any atom is 0.105 e. The Balaban J connectivity index is 2.37. The summed E-state index contributed by atoms with van der Waals surface area (Å²) in [6, 6.07) is 5.47. The fourth-order valence-corrected chi connectivity index (χ4v) is 1.70. The minimum atomic E-state index is 0.641. The van der Waals surface area contributed by atoms with E-state index in [0.717, 1.165) is 25.3 Å². The number of para-hydroxylation sites is 1. The zero-order valence-electron chi connectivity index (χ0n) is 7.16. The second kappa shape index (κ2) is 3.44. The molecule has 0 radical (unpaired) electrons. The highest BCUT2D eigenvalue weighted by molar-refractivity contribution is 6.33. The maximum absolute atomic E-state index is 6.01. The highest BCUT2D eigenvalue weighted by Crippen LogP contribution is 2.33. The van der Waals surface area contributed by atoms with Crippen molar-refractivity contribution in [2.75, 3.05) is 23.9 Å². The fraction of sp³-hybridized carbons (Fsp3) is 0.333. The van der Waals surface area contributed by atoms with E-state index in [0.29, 0.717) is 10.7 Å². The summed E-state index contributed by atoms with van der Waals surface area (Å²) in [6.45, 7) is 1.60. The van der Waals surface area contributed by atoms with E-state index < -0.39 is 0 Å². The Hall–Kier alpha value is -0.930. The van der Waals surface area contributed by atoms with Gasteiger partial charge >= 0.3 is 0 Å². The van der Waals surface area contributed by atoms with Crippen LogP contribution in [-0.4, -0.2) is 13.2 Å². The Labute approximate surface area is 82.0 Å². The lowest BCUT2D eigenvalue weighted by molar-refractivity contribution is 0.168. The molecule has 1 aliphatic heterocycles. The van der Waals surface area contributed by atoms with Gasteiger partial charge in [0.05, 0.1) is 17.3 Å². The predicted molar refractivity (Wildman–Crippen MR) is 53.8 cm³/mol.